The molecule has 3 rings (SSSR count). The van der Waals surface area contributed by atoms with Crippen LogP contribution in [0.5, 0.6) is 0 Å². The van der Waals surface area contributed by atoms with Crippen molar-refractivity contribution in [2.75, 3.05) is 13.2 Å². The number of benzene rings is 1. The molecule has 88 valence electrons. The summed E-state index contributed by atoms with van der Waals surface area (Å²) in [5.41, 5.74) is 1.89. The van der Waals surface area contributed by atoms with Crippen molar-refractivity contribution in [2.45, 2.75) is 12.7 Å². The minimum atomic E-state index is 0.284. The van der Waals surface area contributed by atoms with Crippen LogP contribution < -0.4 is 0 Å². The average Bonchev–Trinajstić information content (AvgIpc) is 3.07. The summed E-state index contributed by atoms with van der Waals surface area (Å²) in [5.74, 6) is 0.740. The second kappa shape index (κ2) is 4.69. The van der Waals surface area contributed by atoms with Gasteiger partial charge in [0.2, 0.25) is 0 Å². The van der Waals surface area contributed by atoms with Crippen molar-refractivity contribution < 1.29 is 14.0 Å². The normalized spacial score (nSPS) is 18.2. The predicted molar refractivity (Wildman–Crippen MR) is 61.3 cm³/mol. The van der Waals surface area contributed by atoms with E-state index < -0.39 is 0 Å². The van der Waals surface area contributed by atoms with Crippen molar-refractivity contribution in [1.82, 2.24) is 5.16 Å². The average molecular weight is 231 g/mol. The van der Waals surface area contributed by atoms with Crippen LogP contribution in [0.15, 0.2) is 40.9 Å². The maximum absolute atomic E-state index is 5.43. The second-order valence-electron chi connectivity index (χ2n) is 4.01. The third-order valence-electron chi connectivity index (χ3n) is 2.58. The van der Waals surface area contributed by atoms with Crippen LogP contribution in [0.25, 0.3) is 11.3 Å². The zero-order valence-corrected chi connectivity index (χ0v) is 9.33. The first-order valence-electron chi connectivity index (χ1n) is 5.62. The van der Waals surface area contributed by atoms with E-state index in [4.69, 9.17) is 14.0 Å². The molecule has 1 aliphatic heterocycles. The first-order valence-corrected chi connectivity index (χ1v) is 5.62. The molecule has 1 unspecified atom stereocenters. The molecular weight excluding hydrogens is 218 g/mol. The smallest absolute Gasteiger partial charge is 0.163 e. The first kappa shape index (κ1) is 10.5. The Labute approximate surface area is 99.1 Å². The summed E-state index contributed by atoms with van der Waals surface area (Å²) in [6.45, 7) is 1.88. The molecule has 1 aromatic carbocycles. The molecule has 0 N–H and O–H groups in total. The summed E-state index contributed by atoms with van der Waals surface area (Å²) in [7, 11) is 0. The minimum Gasteiger partial charge on any atom is -0.371 e. The molecule has 0 amide bonds. The van der Waals surface area contributed by atoms with Crippen LogP contribution in [0.4, 0.5) is 0 Å². The van der Waals surface area contributed by atoms with Crippen LogP contribution in [0, 0.1) is 0 Å². The van der Waals surface area contributed by atoms with E-state index in [0.29, 0.717) is 13.2 Å². The molecule has 0 aliphatic carbocycles. The summed E-state index contributed by atoms with van der Waals surface area (Å²) in [5, 5.41) is 4.01. The van der Waals surface area contributed by atoms with Crippen LogP contribution in [0.2, 0.25) is 0 Å². The highest BCUT2D eigenvalue weighted by Gasteiger charge is 2.22. The number of rotatable bonds is 5. The zero-order valence-electron chi connectivity index (χ0n) is 9.33. The highest BCUT2D eigenvalue weighted by atomic mass is 16.6. The SMILES string of the molecule is c1ccc(-c2cc(COCC3CO3)on2)cc1. The van der Waals surface area contributed by atoms with Gasteiger partial charge in [-0.3, -0.25) is 0 Å². The Morgan fingerprint density at radius 2 is 2.12 bits per heavy atom. The third kappa shape index (κ3) is 2.72. The van der Waals surface area contributed by atoms with Crippen LogP contribution in [0.3, 0.4) is 0 Å². The fraction of sp³-hybridized carbons (Fsp3) is 0.308. The number of nitrogens with zero attached hydrogens (tertiary/aromatic N) is 1. The van der Waals surface area contributed by atoms with Gasteiger partial charge < -0.3 is 14.0 Å². The third-order valence-corrected chi connectivity index (χ3v) is 2.58. The molecule has 17 heavy (non-hydrogen) atoms. The molecule has 0 bridgehead atoms. The Bertz CT molecular complexity index is 476. The number of ether oxygens (including phenoxy) is 2. The summed E-state index contributed by atoms with van der Waals surface area (Å²) < 4.78 is 15.7. The molecule has 1 saturated heterocycles. The van der Waals surface area contributed by atoms with Crippen molar-refractivity contribution in [3.05, 3.63) is 42.2 Å². The van der Waals surface area contributed by atoms with E-state index in [9.17, 15) is 0 Å². The molecule has 1 fully saturated rings. The maximum atomic E-state index is 5.43. The Kier molecular flexibility index (Phi) is 2.90. The number of epoxide rings is 1. The van der Waals surface area contributed by atoms with Crippen LogP contribution in [0.1, 0.15) is 5.76 Å². The molecule has 4 nitrogen and oxygen atoms in total. The number of hydrogen-bond acceptors (Lipinski definition) is 4. The molecule has 0 saturated carbocycles. The molecular formula is C13H13NO3. The lowest BCUT2D eigenvalue weighted by atomic mass is 10.1. The highest BCUT2D eigenvalue weighted by Crippen LogP contribution is 2.19. The van der Waals surface area contributed by atoms with Crippen molar-refractivity contribution in [1.29, 1.82) is 0 Å². The van der Waals surface area contributed by atoms with Crippen molar-refractivity contribution in [3.8, 4) is 11.3 Å². The van der Waals surface area contributed by atoms with E-state index in [0.717, 1.165) is 23.6 Å². The molecule has 0 radical (unpaired) electrons. The van der Waals surface area contributed by atoms with E-state index in [1.54, 1.807) is 0 Å². The van der Waals surface area contributed by atoms with Gasteiger partial charge in [-0.1, -0.05) is 35.5 Å². The van der Waals surface area contributed by atoms with Gasteiger partial charge in [0.05, 0.1) is 13.2 Å². The largest absolute Gasteiger partial charge is 0.371 e. The van der Waals surface area contributed by atoms with Gasteiger partial charge in [0.1, 0.15) is 18.4 Å². The van der Waals surface area contributed by atoms with Crippen molar-refractivity contribution >= 4 is 0 Å². The molecule has 2 heterocycles. The van der Waals surface area contributed by atoms with Gasteiger partial charge in [0, 0.05) is 11.6 Å². The van der Waals surface area contributed by atoms with E-state index in [2.05, 4.69) is 5.16 Å². The quantitative estimate of drug-likeness (QED) is 0.740. The monoisotopic (exact) mass is 231 g/mol. The zero-order chi connectivity index (χ0) is 11.5. The van der Waals surface area contributed by atoms with Gasteiger partial charge in [-0.2, -0.15) is 0 Å². The molecule has 1 atom stereocenters. The van der Waals surface area contributed by atoms with Gasteiger partial charge in [-0.05, 0) is 0 Å². The second-order valence-corrected chi connectivity index (χ2v) is 4.01. The fourth-order valence-electron chi connectivity index (χ4n) is 1.58. The predicted octanol–water partition coefficient (Wildman–Crippen LogP) is 2.26. The Morgan fingerprint density at radius 3 is 2.88 bits per heavy atom. The summed E-state index contributed by atoms with van der Waals surface area (Å²) in [6, 6.07) is 11.8. The van der Waals surface area contributed by atoms with Gasteiger partial charge in [0.15, 0.2) is 5.76 Å². The van der Waals surface area contributed by atoms with Gasteiger partial charge in [0.25, 0.3) is 0 Å². The Morgan fingerprint density at radius 1 is 1.29 bits per heavy atom. The lowest BCUT2D eigenvalue weighted by Crippen LogP contribution is -2.00. The Hall–Kier alpha value is -1.65. The van der Waals surface area contributed by atoms with E-state index in [1.807, 2.05) is 36.4 Å². The maximum Gasteiger partial charge on any atom is 0.163 e. The van der Waals surface area contributed by atoms with E-state index in [-0.39, 0.29) is 6.10 Å². The molecule has 0 spiro atoms. The summed E-state index contributed by atoms with van der Waals surface area (Å²) in [6.07, 6.45) is 0.284. The van der Waals surface area contributed by atoms with Crippen molar-refractivity contribution in [2.24, 2.45) is 0 Å². The van der Waals surface area contributed by atoms with Crippen LogP contribution >= 0.6 is 0 Å². The van der Waals surface area contributed by atoms with E-state index in [1.165, 1.54) is 0 Å². The molecule has 2 aromatic rings. The van der Waals surface area contributed by atoms with Crippen LogP contribution in [-0.4, -0.2) is 24.5 Å². The molecule has 4 heteroatoms. The molecule has 1 aliphatic rings. The van der Waals surface area contributed by atoms with Crippen LogP contribution in [-0.2, 0) is 16.1 Å². The first-order chi connectivity index (χ1) is 8.42. The Balaban J connectivity index is 1.61. The lowest BCUT2D eigenvalue weighted by Gasteiger charge is -1.96. The number of hydrogen-bond donors (Lipinski definition) is 0. The summed E-state index contributed by atoms with van der Waals surface area (Å²) >= 11 is 0. The van der Waals surface area contributed by atoms with Gasteiger partial charge in [-0.25, -0.2) is 0 Å². The highest BCUT2D eigenvalue weighted by molar-refractivity contribution is 5.58. The number of aromatic nitrogens is 1. The minimum absolute atomic E-state index is 0.284. The molecule has 1 aromatic heterocycles. The lowest BCUT2D eigenvalue weighted by molar-refractivity contribution is 0.0872. The van der Waals surface area contributed by atoms with E-state index >= 15 is 0 Å². The van der Waals surface area contributed by atoms with Gasteiger partial charge in [-0.15, -0.1) is 0 Å². The topological polar surface area (TPSA) is 47.8 Å². The van der Waals surface area contributed by atoms with Gasteiger partial charge >= 0.3 is 0 Å². The standard InChI is InChI=1S/C13H13NO3/c1-2-4-10(5-3-1)13-6-11(17-14-13)7-15-8-12-9-16-12/h1-6,12H,7-9H2. The summed E-state index contributed by atoms with van der Waals surface area (Å²) in [4.78, 5) is 0. The fourth-order valence-corrected chi connectivity index (χ4v) is 1.58. The van der Waals surface area contributed by atoms with Crippen molar-refractivity contribution in [3.63, 3.8) is 0 Å².